The van der Waals surface area contributed by atoms with Crippen LogP contribution >= 0.6 is 0 Å². The molecule has 0 saturated carbocycles. The van der Waals surface area contributed by atoms with Gasteiger partial charge in [0.1, 0.15) is 26.9 Å². The molecule has 0 aliphatic heterocycles. The topological polar surface area (TPSA) is 245 Å². The summed E-state index contributed by atoms with van der Waals surface area (Å²) in [5.74, 6) is -1.01. The summed E-state index contributed by atoms with van der Waals surface area (Å²) in [6.45, 7) is 0. The highest BCUT2D eigenvalue weighted by Gasteiger charge is 2.34. The van der Waals surface area contributed by atoms with Crippen LogP contribution < -0.4 is 5.32 Å². The van der Waals surface area contributed by atoms with Gasteiger partial charge in [-0.25, -0.2) is 0 Å². The molecule has 5 N–H and O–H groups in total. The third-order valence-electron chi connectivity index (χ3n) is 6.91. The minimum atomic E-state index is -4.93. The van der Waals surface area contributed by atoms with E-state index in [1.54, 1.807) is 18.2 Å². The average molecular weight is 688 g/mol. The van der Waals surface area contributed by atoms with Gasteiger partial charge >= 0.3 is 0 Å². The zero-order valence-electron chi connectivity index (χ0n) is 23.4. The van der Waals surface area contributed by atoms with Crippen molar-refractivity contribution in [2.45, 2.75) is 28.7 Å². The monoisotopic (exact) mass is 687 g/mol. The highest BCUT2D eigenvalue weighted by Crippen LogP contribution is 2.40. The number of para-hydroxylation sites is 1. The van der Waals surface area contributed by atoms with Gasteiger partial charge < -0.3 is 10.4 Å². The van der Waals surface area contributed by atoms with Gasteiger partial charge in [0.15, 0.2) is 0 Å². The second-order valence-electron chi connectivity index (χ2n) is 10.1. The molecular weight excluding hydrogens is 663 g/mol. The fourth-order valence-electron chi connectivity index (χ4n) is 4.70. The molecule has 0 amide bonds. The summed E-state index contributed by atoms with van der Waals surface area (Å²) in [4.78, 5) is -2.16. The predicted octanol–water partition coefficient (Wildman–Crippen LogP) is 5.43. The lowest BCUT2D eigenvalue weighted by atomic mass is 9.85. The number of fused-ring (bicyclic) bond motifs is 1. The molecule has 3 aliphatic carbocycles. The van der Waals surface area contributed by atoms with Gasteiger partial charge in [0, 0.05) is 22.9 Å². The molecule has 0 spiro atoms. The highest BCUT2D eigenvalue weighted by molar-refractivity contribution is 7.89. The molecule has 2 aromatic carbocycles. The first-order valence-corrected chi connectivity index (χ1v) is 17.6. The molecule has 0 bridgehead atoms. The Hall–Kier alpha value is -4.59. The predicted molar refractivity (Wildman–Crippen MR) is 165 cm³/mol. The zero-order valence-corrected chi connectivity index (χ0v) is 25.9. The second-order valence-corrected chi connectivity index (χ2v) is 14.3. The molecular formula is C28H25N5O10S3. The molecule has 5 rings (SSSR count). The Kier molecular flexibility index (Phi) is 9.03. The van der Waals surface area contributed by atoms with Crippen LogP contribution in [0.1, 0.15) is 12.8 Å². The van der Waals surface area contributed by atoms with E-state index in [0.717, 1.165) is 17.8 Å². The quantitative estimate of drug-likeness (QED) is 0.164. The van der Waals surface area contributed by atoms with Gasteiger partial charge in [0.25, 0.3) is 30.4 Å². The van der Waals surface area contributed by atoms with Crippen molar-refractivity contribution >= 4 is 41.7 Å². The SMILES string of the molecule is O=S(=O)(O)C1=C(N=NC2C=CC(N=Nc3ccc(S(=O)(=O)O)cc3S(=O)(=O)O)=CC2)C(O)=C2C=CC(Nc3ccccc3)=CC2C1. The molecule has 18 heteroatoms. The number of allylic oxidation sites excluding steroid dienone is 6. The van der Waals surface area contributed by atoms with Crippen molar-refractivity contribution < 1.29 is 44.0 Å². The van der Waals surface area contributed by atoms with Gasteiger partial charge in [-0.1, -0.05) is 42.5 Å². The van der Waals surface area contributed by atoms with Gasteiger partial charge in [0.2, 0.25) is 0 Å². The molecule has 3 aliphatic rings. The molecule has 240 valence electrons. The Balaban J connectivity index is 1.33. The first kappa shape index (κ1) is 32.8. The number of nitrogens with zero attached hydrogens (tertiary/aromatic N) is 4. The van der Waals surface area contributed by atoms with Crippen molar-refractivity contribution in [3.8, 4) is 0 Å². The molecule has 0 aromatic heterocycles. The van der Waals surface area contributed by atoms with Crippen LogP contribution in [0.25, 0.3) is 0 Å². The van der Waals surface area contributed by atoms with Gasteiger partial charge in [-0.2, -0.15) is 40.6 Å². The molecule has 0 saturated heterocycles. The average Bonchev–Trinajstić information content (AvgIpc) is 2.99. The van der Waals surface area contributed by atoms with Crippen molar-refractivity contribution in [3.05, 3.63) is 118 Å². The van der Waals surface area contributed by atoms with Gasteiger partial charge in [-0.15, -0.1) is 5.11 Å². The number of aliphatic hydroxyl groups excluding tert-OH is 1. The summed E-state index contributed by atoms with van der Waals surface area (Å²) in [6.07, 6.45) is 9.60. The molecule has 2 aromatic rings. The summed E-state index contributed by atoms with van der Waals surface area (Å²) in [7, 11) is -14.5. The van der Waals surface area contributed by atoms with E-state index in [1.807, 2.05) is 30.3 Å². The maximum atomic E-state index is 12.3. The van der Waals surface area contributed by atoms with Crippen LogP contribution in [0, 0.1) is 5.92 Å². The lowest BCUT2D eigenvalue weighted by Crippen LogP contribution is -2.20. The number of anilines is 1. The van der Waals surface area contributed by atoms with Crippen LogP contribution in [0.2, 0.25) is 0 Å². The Labute approximate surface area is 263 Å². The maximum Gasteiger partial charge on any atom is 0.296 e. The highest BCUT2D eigenvalue weighted by atomic mass is 32.2. The van der Waals surface area contributed by atoms with Crippen LogP contribution in [-0.4, -0.2) is 50.1 Å². The molecule has 0 fully saturated rings. The smallest absolute Gasteiger partial charge is 0.296 e. The van der Waals surface area contributed by atoms with Gasteiger partial charge in [0.05, 0.1) is 16.6 Å². The molecule has 2 atom stereocenters. The summed E-state index contributed by atoms with van der Waals surface area (Å²) in [6, 6.07) is 11.0. The number of nitrogens with one attached hydrogen (secondary N) is 1. The lowest BCUT2D eigenvalue weighted by molar-refractivity contribution is 0.398. The van der Waals surface area contributed by atoms with E-state index in [1.165, 1.54) is 18.2 Å². The van der Waals surface area contributed by atoms with Gasteiger partial charge in [-0.3, -0.25) is 13.7 Å². The molecule has 15 nitrogen and oxygen atoms in total. The molecule has 0 heterocycles. The van der Waals surface area contributed by atoms with E-state index in [-0.39, 0.29) is 24.2 Å². The Bertz CT molecular complexity index is 2170. The lowest BCUT2D eigenvalue weighted by Gasteiger charge is -2.27. The van der Waals surface area contributed by atoms with E-state index in [4.69, 9.17) is 4.55 Å². The zero-order chi connectivity index (χ0) is 33.3. The maximum absolute atomic E-state index is 12.3. The van der Waals surface area contributed by atoms with Crippen LogP contribution in [0.4, 0.5) is 11.4 Å². The van der Waals surface area contributed by atoms with E-state index >= 15 is 0 Å². The van der Waals surface area contributed by atoms with Crippen LogP contribution in [0.5, 0.6) is 0 Å². The third-order valence-corrected chi connectivity index (χ3v) is 9.62. The number of rotatable bonds is 9. The Morgan fingerprint density at radius 3 is 2.17 bits per heavy atom. The third kappa shape index (κ3) is 7.61. The van der Waals surface area contributed by atoms with Crippen molar-refractivity contribution in [3.63, 3.8) is 0 Å². The second kappa shape index (κ2) is 12.7. The van der Waals surface area contributed by atoms with Crippen molar-refractivity contribution in [2.24, 2.45) is 26.4 Å². The van der Waals surface area contributed by atoms with Crippen molar-refractivity contribution in [1.82, 2.24) is 0 Å². The number of hydrogen-bond donors (Lipinski definition) is 5. The fourth-order valence-corrected chi connectivity index (χ4v) is 6.70. The van der Waals surface area contributed by atoms with E-state index < -0.39 is 68.5 Å². The summed E-state index contributed by atoms with van der Waals surface area (Å²) < 4.78 is 99.4. The number of hydrogen-bond acceptors (Lipinski definition) is 12. The Morgan fingerprint density at radius 2 is 1.54 bits per heavy atom. The van der Waals surface area contributed by atoms with Crippen molar-refractivity contribution in [2.75, 3.05) is 5.32 Å². The Morgan fingerprint density at radius 1 is 0.804 bits per heavy atom. The summed E-state index contributed by atoms with van der Waals surface area (Å²) in [5.41, 5.74) is 1.32. The van der Waals surface area contributed by atoms with Crippen molar-refractivity contribution in [1.29, 1.82) is 0 Å². The molecule has 2 unspecified atom stereocenters. The minimum Gasteiger partial charge on any atom is -0.505 e. The van der Waals surface area contributed by atoms with E-state index in [2.05, 4.69) is 25.8 Å². The summed E-state index contributed by atoms with van der Waals surface area (Å²) >= 11 is 0. The van der Waals surface area contributed by atoms with Gasteiger partial charge in [-0.05, 0) is 55.3 Å². The van der Waals surface area contributed by atoms with E-state index in [9.17, 15) is 39.5 Å². The number of aliphatic hydroxyl groups is 1. The van der Waals surface area contributed by atoms with Crippen LogP contribution in [0.15, 0.2) is 149 Å². The summed E-state index contributed by atoms with van der Waals surface area (Å²) in [5, 5.41) is 29.9. The fraction of sp³-hybridized carbons (Fsp3) is 0.143. The molecule has 46 heavy (non-hydrogen) atoms. The first-order chi connectivity index (χ1) is 21.6. The number of azo groups is 2. The molecule has 0 radical (unpaired) electrons. The van der Waals surface area contributed by atoms with Crippen LogP contribution in [-0.2, 0) is 30.4 Å². The normalized spacial score (nSPS) is 20.7. The van der Waals surface area contributed by atoms with E-state index in [0.29, 0.717) is 17.3 Å². The largest absolute Gasteiger partial charge is 0.505 e. The van der Waals surface area contributed by atoms with Crippen LogP contribution in [0.3, 0.4) is 0 Å². The number of benzene rings is 2. The standard InChI is InChI=1S/C28H25N5O10S3/c34-28-23-12-10-21(29-18-4-2-1-3-5-18)14-17(23)15-26(46(41,42)43)27(28)33-31-20-8-6-19(7-9-20)30-32-24-13-11-22(44(35,36)37)16-25(24)45(38,39)40/h1-8,10-14,16-17,20,29,34H,9,15H2,(H,35,36,37)(H,38,39,40)(H,41,42,43). The minimum absolute atomic E-state index is 0.168. The first-order valence-electron chi connectivity index (χ1n) is 13.3.